The second-order valence-electron chi connectivity index (χ2n) is 4.24. The number of hydroxylamine groups is 1. The number of nitrogens with one attached hydrogen (secondary N) is 2. The number of carbonyl (C=O) groups is 2. The van der Waals surface area contributed by atoms with Crippen molar-refractivity contribution in [1.29, 1.82) is 0 Å². The molecule has 1 aromatic carbocycles. The Morgan fingerprint density at radius 1 is 1.05 bits per heavy atom. The van der Waals surface area contributed by atoms with Gasteiger partial charge in [-0.05, 0) is 25.0 Å². The highest BCUT2D eigenvalue weighted by molar-refractivity contribution is 5.90. The van der Waals surface area contributed by atoms with Crippen molar-refractivity contribution in [3.8, 4) is 0 Å². The summed E-state index contributed by atoms with van der Waals surface area (Å²) in [5.41, 5.74) is 0.686. The molecule has 0 saturated heterocycles. The second kappa shape index (κ2) is 9.10. The summed E-state index contributed by atoms with van der Waals surface area (Å²) in [6, 6.07) is 8.79. The first-order valence-corrected chi connectivity index (χ1v) is 6.38. The van der Waals surface area contributed by atoms with Crippen molar-refractivity contribution in [2.45, 2.75) is 38.5 Å². The van der Waals surface area contributed by atoms with Crippen molar-refractivity contribution >= 4 is 17.5 Å². The summed E-state index contributed by atoms with van der Waals surface area (Å²) >= 11 is 0. The first kappa shape index (κ1) is 11.0. The summed E-state index contributed by atoms with van der Waals surface area (Å²) in [6.45, 7) is 0. The molecular formula is C14H20N2O3. The van der Waals surface area contributed by atoms with Gasteiger partial charge in [0, 0.05) is 18.5 Å². The Labute approximate surface area is 117 Å². The van der Waals surface area contributed by atoms with Crippen LogP contribution >= 0.6 is 0 Å². The van der Waals surface area contributed by atoms with Gasteiger partial charge in [0.25, 0.3) is 0 Å². The van der Waals surface area contributed by atoms with Crippen LogP contribution < -0.4 is 10.8 Å². The third kappa shape index (κ3) is 7.21. The molecule has 0 unspecified atom stereocenters. The maximum Gasteiger partial charge on any atom is 0.246 e. The molecule has 1 aromatic rings. The molecule has 3 N–H and O–H groups in total. The standard InChI is InChI=1S/C14H20N2O3/c17-13(15-12-8-4-3-5-9-12)10-6-1-2-7-11-14(18)16-19/h3-5,8-9,19H,1-2,6-7,10-11H2,(H,15,17)(H,16,18)/i/hD3. The van der Waals surface area contributed by atoms with Gasteiger partial charge in [0.05, 0.1) is 0 Å². The van der Waals surface area contributed by atoms with Crippen molar-refractivity contribution in [1.82, 2.24) is 5.47 Å². The van der Waals surface area contributed by atoms with E-state index in [1.165, 1.54) is 0 Å². The van der Waals surface area contributed by atoms with Crippen molar-refractivity contribution in [3.63, 3.8) is 0 Å². The summed E-state index contributed by atoms with van der Waals surface area (Å²) in [5, 5.41) is 4.62. The van der Waals surface area contributed by atoms with Gasteiger partial charge in [0.1, 0.15) is 0 Å². The number of carbonyl (C=O) groups excluding carboxylic acids is 2. The molecule has 0 fully saturated rings. The molecule has 104 valence electrons. The highest BCUT2D eigenvalue weighted by Crippen LogP contribution is 2.09. The van der Waals surface area contributed by atoms with Gasteiger partial charge in [-0.1, -0.05) is 31.0 Å². The van der Waals surface area contributed by atoms with Crippen LogP contribution in [0.1, 0.15) is 38.5 Å². The molecule has 0 aliphatic heterocycles. The Morgan fingerprint density at radius 2 is 1.68 bits per heavy atom. The minimum absolute atomic E-state index is 0.140. The third-order valence-corrected chi connectivity index (χ3v) is 2.64. The Kier molecular flexibility index (Phi) is 5.27. The van der Waals surface area contributed by atoms with Crippen LogP contribution in [0.15, 0.2) is 30.3 Å². The zero-order valence-electron chi connectivity index (χ0n) is 13.7. The molecule has 0 aromatic heterocycles. The van der Waals surface area contributed by atoms with E-state index >= 15 is 0 Å². The average Bonchev–Trinajstić information content (AvgIpc) is 2.56. The van der Waals surface area contributed by atoms with Crippen molar-refractivity contribution < 1.29 is 19.1 Å². The maximum atomic E-state index is 11.8. The topological polar surface area (TPSA) is 78.4 Å². The van der Waals surface area contributed by atoms with Crippen LogP contribution in [-0.2, 0) is 9.59 Å². The number of benzene rings is 1. The SMILES string of the molecule is [2H]ON([2H])C(=O)CCCCCCC(=O)N([2H])c1ccccc1. The maximum absolute atomic E-state index is 11.8. The first-order chi connectivity index (χ1) is 10.6. The molecule has 0 radical (unpaired) electrons. The third-order valence-electron chi connectivity index (χ3n) is 2.64. The van der Waals surface area contributed by atoms with E-state index in [2.05, 4.69) is 5.21 Å². The smallest absolute Gasteiger partial charge is 0.246 e. The monoisotopic (exact) mass is 267 g/mol. The van der Waals surface area contributed by atoms with Crippen LogP contribution in [0.5, 0.6) is 0 Å². The van der Waals surface area contributed by atoms with E-state index in [1.807, 2.05) is 6.07 Å². The normalized spacial score (nSPS) is 12.1. The van der Waals surface area contributed by atoms with E-state index in [9.17, 15) is 9.59 Å². The van der Waals surface area contributed by atoms with E-state index < -0.39 is 5.91 Å². The molecular weight excluding hydrogens is 244 g/mol. The fourth-order valence-corrected chi connectivity index (χ4v) is 1.65. The fourth-order valence-electron chi connectivity index (χ4n) is 1.65. The van der Waals surface area contributed by atoms with E-state index in [-0.39, 0.29) is 24.2 Å². The molecule has 19 heavy (non-hydrogen) atoms. The minimum Gasteiger partial charge on any atom is -0.326 e. The van der Waals surface area contributed by atoms with Gasteiger partial charge in [-0.15, -0.1) is 0 Å². The Hall–Kier alpha value is -1.88. The number of rotatable bonds is 9. The van der Waals surface area contributed by atoms with Gasteiger partial charge in [-0.25, -0.2) is 5.47 Å². The molecule has 0 heterocycles. The lowest BCUT2D eigenvalue weighted by Crippen LogP contribution is -2.17. The lowest BCUT2D eigenvalue weighted by molar-refractivity contribution is -0.129. The van der Waals surface area contributed by atoms with Gasteiger partial charge in [-0.3, -0.25) is 14.8 Å². The van der Waals surface area contributed by atoms with Crippen LogP contribution in [0.25, 0.3) is 0 Å². The van der Waals surface area contributed by atoms with Crippen LogP contribution in [0.4, 0.5) is 5.69 Å². The molecule has 5 nitrogen and oxygen atoms in total. The van der Waals surface area contributed by atoms with Gasteiger partial charge >= 0.3 is 0 Å². The number of hydrogen-bond donors (Lipinski definition) is 3. The Balaban J connectivity index is 2.14. The van der Waals surface area contributed by atoms with Crippen molar-refractivity contribution in [2.24, 2.45) is 0 Å². The zero-order chi connectivity index (χ0) is 16.4. The largest absolute Gasteiger partial charge is 0.326 e. The van der Waals surface area contributed by atoms with E-state index in [1.54, 1.807) is 24.3 Å². The van der Waals surface area contributed by atoms with Crippen molar-refractivity contribution in [3.05, 3.63) is 30.3 Å². The molecule has 0 atom stereocenters. The minimum atomic E-state index is -0.563. The zero-order valence-corrected chi connectivity index (χ0v) is 10.7. The summed E-state index contributed by atoms with van der Waals surface area (Å²) in [6.07, 6.45) is 3.16. The van der Waals surface area contributed by atoms with Gasteiger partial charge < -0.3 is 5.31 Å². The highest BCUT2D eigenvalue weighted by atomic mass is 16.5. The van der Waals surface area contributed by atoms with Gasteiger partial charge in [0.2, 0.25) is 13.2 Å². The quantitative estimate of drug-likeness (QED) is 0.365. The molecule has 5 heteroatoms. The molecule has 0 saturated carbocycles. The number of hydrogen-bond acceptors (Lipinski definition) is 3. The summed E-state index contributed by atoms with van der Waals surface area (Å²) in [4.78, 5) is 23.0. The van der Waals surface area contributed by atoms with Crippen LogP contribution in [0.3, 0.4) is 0 Å². The molecule has 0 aliphatic carbocycles. The Bertz CT molecular complexity index is 474. The number of anilines is 1. The molecule has 0 spiro atoms. The van der Waals surface area contributed by atoms with Crippen LogP contribution in [0, 0.1) is 0 Å². The summed E-state index contributed by atoms with van der Waals surface area (Å²) in [7, 11) is 0. The van der Waals surface area contributed by atoms with E-state index in [0.717, 1.165) is 18.2 Å². The predicted molar refractivity (Wildman–Crippen MR) is 72.7 cm³/mol. The molecule has 2 amide bonds. The molecule has 0 aliphatic rings. The Morgan fingerprint density at radius 3 is 2.32 bits per heavy atom. The summed E-state index contributed by atoms with van der Waals surface area (Å²) in [5.74, 6) is -0.824. The molecule has 0 bridgehead atoms. The predicted octanol–water partition coefficient (Wildman–Crippen LogP) is 2.47. The van der Waals surface area contributed by atoms with Crippen LogP contribution in [-0.4, -0.2) is 17.0 Å². The van der Waals surface area contributed by atoms with E-state index in [0.29, 0.717) is 18.5 Å². The van der Waals surface area contributed by atoms with E-state index in [4.69, 9.17) is 4.25 Å². The number of amides is 2. The highest BCUT2D eigenvalue weighted by Gasteiger charge is 2.02. The second-order valence-corrected chi connectivity index (χ2v) is 4.24. The lowest BCUT2D eigenvalue weighted by Gasteiger charge is -2.04. The fraction of sp³-hybridized carbons (Fsp3) is 0.429. The first-order valence-electron chi connectivity index (χ1n) is 7.68. The average molecular weight is 267 g/mol. The molecule has 1 rings (SSSR count). The van der Waals surface area contributed by atoms with Crippen molar-refractivity contribution in [2.75, 3.05) is 5.31 Å². The van der Waals surface area contributed by atoms with Gasteiger partial charge in [0.15, 0.2) is 2.82 Å². The number of para-hydroxylation sites is 1. The lowest BCUT2D eigenvalue weighted by atomic mass is 10.1. The number of unbranched alkanes of at least 4 members (excludes halogenated alkanes) is 3. The van der Waals surface area contributed by atoms with Crippen LogP contribution in [0.2, 0.25) is 4.25 Å². The van der Waals surface area contributed by atoms with Gasteiger partial charge in [-0.2, -0.15) is 0 Å². The summed E-state index contributed by atoms with van der Waals surface area (Å²) < 4.78 is 21.1.